The normalized spacial score (nSPS) is 9.23. The molecule has 0 aromatic rings. The zero-order valence-corrected chi connectivity index (χ0v) is 10.9. The van der Waals surface area contributed by atoms with E-state index in [4.69, 9.17) is 22.9 Å². The molecule has 0 N–H and O–H groups in total. The van der Waals surface area contributed by atoms with Gasteiger partial charge in [0.2, 0.25) is 0 Å². The molecule has 0 rings (SSSR count). The van der Waals surface area contributed by atoms with Crippen LogP contribution in [-0.4, -0.2) is 38.7 Å². The topological polar surface area (TPSA) is 18.5 Å². The Hall–Kier alpha value is 1.01. The van der Waals surface area contributed by atoms with E-state index in [0.717, 1.165) is 19.4 Å². The third kappa shape index (κ3) is 24.6. The molecular formula is C8H15Cl2MgO2. The maximum atomic E-state index is 5.04. The van der Waals surface area contributed by atoms with E-state index in [1.54, 1.807) is 7.11 Å². The van der Waals surface area contributed by atoms with Crippen molar-refractivity contribution in [2.45, 2.75) is 12.8 Å². The molecule has 13 heavy (non-hydrogen) atoms. The molecule has 0 spiro atoms. The van der Waals surface area contributed by atoms with E-state index < -0.39 is 18.2 Å². The molecule has 0 unspecified atom stereocenters. The van der Waals surface area contributed by atoms with Crippen molar-refractivity contribution in [2.24, 2.45) is 0 Å². The monoisotopic (exact) mass is 237 g/mol. The van der Waals surface area contributed by atoms with Gasteiger partial charge in [-0.1, -0.05) is 12.2 Å². The van der Waals surface area contributed by atoms with E-state index in [-0.39, 0.29) is 0 Å². The molecule has 0 atom stereocenters. The summed E-state index contributed by atoms with van der Waals surface area (Å²) in [6.07, 6.45) is 5.88. The molecule has 0 aliphatic heterocycles. The molecule has 0 fully saturated rings. The summed E-state index contributed by atoms with van der Waals surface area (Å²) in [6.45, 7) is 4.78. The van der Waals surface area contributed by atoms with Gasteiger partial charge in [-0.3, -0.25) is 0 Å². The molecule has 0 aliphatic carbocycles. The molecular weight excluding hydrogens is 223 g/mol. The Morgan fingerprint density at radius 3 is 2.46 bits per heavy atom. The first kappa shape index (κ1) is 16.4. The van der Waals surface area contributed by atoms with Crippen LogP contribution in [0.1, 0.15) is 12.8 Å². The van der Waals surface area contributed by atoms with Crippen molar-refractivity contribution in [2.75, 3.05) is 20.5 Å². The predicted octanol–water partition coefficient (Wildman–Crippen LogP) is 2.78. The molecule has 0 saturated carbocycles. The second kappa shape index (κ2) is 18.7. The van der Waals surface area contributed by atoms with Crippen molar-refractivity contribution >= 4 is 36.3 Å². The van der Waals surface area contributed by atoms with Crippen LogP contribution in [0.5, 0.6) is 0 Å². The molecule has 0 bridgehead atoms. The Bertz CT molecular complexity index is 102. The van der Waals surface area contributed by atoms with Gasteiger partial charge in [-0.15, -0.1) is 0 Å². The van der Waals surface area contributed by atoms with Crippen molar-refractivity contribution in [1.82, 2.24) is 0 Å². The van der Waals surface area contributed by atoms with E-state index in [9.17, 15) is 0 Å². The molecule has 75 valence electrons. The number of methoxy groups -OCH3 is 1. The highest BCUT2D eigenvalue weighted by Crippen LogP contribution is 1.87. The Morgan fingerprint density at radius 1 is 1.38 bits per heavy atom. The number of allylic oxidation sites excluding steroid dienone is 1. The van der Waals surface area contributed by atoms with Gasteiger partial charge in [0.25, 0.3) is 0 Å². The van der Waals surface area contributed by atoms with Gasteiger partial charge in [0.1, 0.15) is 6.79 Å². The van der Waals surface area contributed by atoms with Gasteiger partial charge in [0.15, 0.2) is 0 Å². The lowest BCUT2D eigenvalue weighted by Crippen LogP contribution is -1.96. The minimum absolute atomic E-state index is 0.387. The summed E-state index contributed by atoms with van der Waals surface area (Å²) in [5.74, 6) is 0. The Balaban J connectivity index is 0. The number of halogens is 2. The van der Waals surface area contributed by atoms with Crippen LogP contribution in [-0.2, 0) is 9.47 Å². The lowest BCUT2D eigenvalue weighted by Gasteiger charge is -1.97. The lowest BCUT2D eigenvalue weighted by molar-refractivity contribution is -0.0285. The quantitative estimate of drug-likeness (QED) is 0.307. The summed E-state index contributed by atoms with van der Waals surface area (Å²) in [4.78, 5) is 0. The molecule has 0 heterocycles. The first-order valence-corrected chi connectivity index (χ1v) is 8.23. The molecule has 0 amide bonds. The minimum atomic E-state index is -0.639. The zero-order chi connectivity index (χ0) is 10.4. The smallest absolute Gasteiger partial charge is 0.359 e. The van der Waals surface area contributed by atoms with Crippen molar-refractivity contribution in [3.63, 3.8) is 0 Å². The van der Waals surface area contributed by atoms with Gasteiger partial charge < -0.3 is 27.6 Å². The van der Waals surface area contributed by atoms with Crippen LogP contribution in [0.25, 0.3) is 0 Å². The highest BCUT2D eigenvalue weighted by Gasteiger charge is 1.80. The van der Waals surface area contributed by atoms with Crippen molar-refractivity contribution in [3.8, 4) is 0 Å². The predicted molar refractivity (Wildman–Crippen MR) is 59.0 cm³/mol. The standard InChI is InChI=1S/C8H15O2.2ClH.Mg/c1-3-4-5-6-7-10-8-9-2;;;/h4-5H,1,3,6-8H2,2H3;2*1H;/q;;;+2/p-2/b5-4-;;;. The Kier molecular flexibility index (Phi) is 23.7. The van der Waals surface area contributed by atoms with Gasteiger partial charge in [0, 0.05) is 7.11 Å². The molecule has 0 saturated heterocycles. The highest BCUT2D eigenvalue weighted by atomic mass is 35.6. The molecule has 0 aromatic carbocycles. The number of rotatable bonds is 6. The van der Waals surface area contributed by atoms with E-state index in [1.165, 1.54) is 0 Å². The highest BCUT2D eigenvalue weighted by molar-refractivity contribution is 7.22. The van der Waals surface area contributed by atoms with Gasteiger partial charge in [-0.25, -0.2) is 0 Å². The van der Waals surface area contributed by atoms with Crippen LogP contribution in [0.4, 0.5) is 0 Å². The number of hydrogen-bond acceptors (Lipinski definition) is 2. The third-order valence-electron chi connectivity index (χ3n) is 0.963. The maximum absolute atomic E-state index is 5.04. The average Bonchev–Trinajstić information content (AvgIpc) is 2.13. The van der Waals surface area contributed by atoms with Crippen LogP contribution in [0.3, 0.4) is 0 Å². The van der Waals surface area contributed by atoms with Crippen molar-refractivity contribution in [1.29, 1.82) is 0 Å². The van der Waals surface area contributed by atoms with Crippen LogP contribution in [0.15, 0.2) is 12.2 Å². The minimum Gasteiger partial charge on any atom is -0.359 e. The molecule has 2 nitrogen and oxygen atoms in total. The van der Waals surface area contributed by atoms with Crippen LogP contribution >= 0.6 is 18.1 Å². The van der Waals surface area contributed by atoms with Gasteiger partial charge in [-0.2, -0.15) is 0 Å². The summed E-state index contributed by atoms with van der Waals surface area (Å²) in [6, 6.07) is 0. The summed E-state index contributed by atoms with van der Waals surface area (Å²) in [7, 11) is 11.4. The fourth-order valence-corrected chi connectivity index (χ4v) is 0.529. The first-order chi connectivity index (χ1) is 6.33. The van der Waals surface area contributed by atoms with Crippen molar-refractivity contribution in [3.05, 3.63) is 19.1 Å². The van der Waals surface area contributed by atoms with Crippen LogP contribution < -0.4 is 0 Å². The summed E-state index contributed by atoms with van der Waals surface area (Å²) < 4.78 is 9.73. The van der Waals surface area contributed by atoms with Crippen LogP contribution in [0.2, 0.25) is 0 Å². The molecule has 1 radical (unpaired) electrons. The molecule has 0 aromatic heterocycles. The van der Waals surface area contributed by atoms with E-state index in [0.29, 0.717) is 6.79 Å². The second-order valence-corrected chi connectivity index (χ2v) is 4.59. The van der Waals surface area contributed by atoms with E-state index in [1.807, 2.05) is 6.08 Å². The summed E-state index contributed by atoms with van der Waals surface area (Å²) in [5.41, 5.74) is 0. The zero-order valence-electron chi connectivity index (χ0n) is 7.97. The van der Waals surface area contributed by atoms with Gasteiger partial charge >= 0.3 is 18.2 Å². The van der Waals surface area contributed by atoms with Gasteiger partial charge in [0.05, 0.1) is 6.61 Å². The number of hydrogen-bond donors (Lipinski definition) is 0. The SMILES string of the molecule is [CH2]C/C=C\CCOCOC.[Cl][Mg][Cl]. The van der Waals surface area contributed by atoms with Crippen molar-refractivity contribution < 1.29 is 9.47 Å². The second-order valence-electron chi connectivity index (χ2n) is 1.96. The molecule has 0 aliphatic rings. The molecule has 5 heteroatoms. The van der Waals surface area contributed by atoms with E-state index in [2.05, 4.69) is 17.7 Å². The summed E-state index contributed by atoms with van der Waals surface area (Å²) in [5, 5.41) is 0. The first-order valence-electron chi connectivity index (χ1n) is 3.96. The third-order valence-corrected chi connectivity index (χ3v) is 0.963. The largest absolute Gasteiger partial charge is 0.618 e. The van der Waals surface area contributed by atoms with Crippen LogP contribution in [0, 0.1) is 6.92 Å². The average molecular weight is 238 g/mol. The lowest BCUT2D eigenvalue weighted by atomic mass is 10.3. The van der Waals surface area contributed by atoms with Gasteiger partial charge in [-0.05, 0) is 19.8 Å². The Morgan fingerprint density at radius 2 is 2.00 bits per heavy atom. The fraction of sp³-hybridized carbons (Fsp3) is 0.625. The maximum Gasteiger partial charge on any atom is 0.618 e. The summed E-state index contributed by atoms with van der Waals surface area (Å²) >= 11 is -0.639. The Labute approximate surface area is 97.8 Å². The van der Waals surface area contributed by atoms with E-state index >= 15 is 0 Å². The number of ether oxygens (including phenoxy) is 2. The fourth-order valence-electron chi connectivity index (χ4n) is 0.529.